The van der Waals surface area contributed by atoms with Crippen LogP contribution in [0.1, 0.15) is 13.3 Å². The average molecular weight is 310 g/mol. The third-order valence-electron chi connectivity index (χ3n) is 2.61. The van der Waals surface area contributed by atoms with E-state index in [2.05, 4.69) is 20.0 Å². The first-order valence-electron chi connectivity index (χ1n) is 6.36. The second kappa shape index (κ2) is 6.49. The zero-order valence-corrected chi connectivity index (χ0v) is 12.2. The third-order valence-corrected chi connectivity index (χ3v) is 3.93. The number of hydrogen-bond donors (Lipinski definition) is 2. The van der Waals surface area contributed by atoms with E-state index in [0.29, 0.717) is 12.2 Å². The predicted molar refractivity (Wildman–Crippen MR) is 78.0 cm³/mol. The number of aromatic nitrogens is 2. The van der Waals surface area contributed by atoms with Crippen molar-refractivity contribution in [1.29, 1.82) is 0 Å². The van der Waals surface area contributed by atoms with Crippen LogP contribution in [0, 0.1) is 5.82 Å². The van der Waals surface area contributed by atoms with Gasteiger partial charge in [0.25, 0.3) is 10.0 Å². The summed E-state index contributed by atoms with van der Waals surface area (Å²) in [4.78, 5) is 7.45. The molecule has 0 saturated heterocycles. The molecule has 0 fully saturated rings. The van der Waals surface area contributed by atoms with Crippen LogP contribution in [-0.2, 0) is 10.0 Å². The molecule has 6 nitrogen and oxygen atoms in total. The van der Waals surface area contributed by atoms with Gasteiger partial charge < -0.3 is 5.32 Å². The van der Waals surface area contributed by atoms with Gasteiger partial charge in [-0.05, 0) is 24.6 Å². The Hall–Kier alpha value is -2.22. The molecule has 0 spiro atoms. The first kappa shape index (κ1) is 15.2. The lowest BCUT2D eigenvalue weighted by molar-refractivity contribution is 0.595. The smallest absolute Gasteiger partial charge is 0.281 e. The summed E-state index contributed by atoms with van der Waals surface area (Å²) >= 11 is 0. The fraction of sp³-hybridized carbons (Fsp3) is 0.231. The van der Waals surface area contributed by atoms with Crippen molar-refractivity contribution in [2.75, 3.05) is 16.6 Å². The van der Waals surface area contributed by atoms with Crippen LogP contribution in [-0.4, -0.2) is 24.9 Å². The van der Waals surface area contributed by atoms with E-state index in [9.17, 15) is 12.8 Å². The van der Waals surface area contributed by atoms with Gasteiger partial charge in [0.15, 0.2) is 10.8 Å². The number of nitrogens with one attached hydrogen (secondary N) is 2. The number of nitrogens with zero attached hydrogens (tertiary/aromatic N) is 2. The van der Waals surface area contributed by atoms with Crippen LogP contribution in [0.3, 0.4) is 0 Å². The standard InChI is InChI=1S/C13H15FN4O2S/c1-2-6-16-12-4-3-7-17-13(12)21(19,20)18-11-5-8-15-9-10(11)14/h3-5,7-9,16H,2,6H2,1H3,(H,15,18). The minimum Gasteiger partial charge on any atom is -0.383 e. The molecule has 0 bridgehead atoms. The second-order valence-corrected chi connectivity index (χ2v) is 5.84. The highest BCUT2D eigenvalue weighted by atomic mass is 32.2. The van der Waals surface area contributed by atoms with Gasteiger partial charge in [-0.2, -0.15) is 8.42 Å². The Bertz CT molecular complexity index is 722. The largest absolute Gasteiger partial charge is 0.383 e. The molecule has 0 radical (unpaired) electrons. The van der Waals surface area contributed by atoms with Gasteiger partial charge in [0, 0.05) is 18.9 Å². The van der Waals surface area contributed by atoms with Gasteiger partial charge in [0.2, 0.25) is 0 Å². The van der Waals surface area contributed by atoms with Crippen LogP contribution < -0.4 is 10.0 Å². The number of anilines is 2. The molecular formula is C13H15FN4O2S. The molecule has 0 aliphatic rings. The monoisotopic (exact) mass is 310 g/mol. The van der Waals surface area contributed by atoms with Crippen LogP contribution in [0.5, 0.6) is 0 Å². The van der Waals surface area contributed by atoms with Gasteiger partial charge in [0.1, 0.15) is 0 Å². The van der Waals surface area contributed by atoms with Crippen LogP contribution in [0.25, 0.3) is 0 Å². The molecule has 2 rings (SSSR count). The number of rotatable bonds is 6. The number of halogens is 1. The molecule has 0 aromatic carbocycles. The molecule has 112 valence electrons. The maximum atomic E-state index is 13.5. The SMILES string of the molecule is CCCNc1cccnc1S(=O)(=O)Nc1ccncc1F. The van der Waals surface area contributed by atoms with Crippen molar-refractivity contribution < 1.29 is 12.8 Å². The highest BCUT2D eigenvalue weighted by molar-refractivity contribution is 7.92. The highest BCUT2D eigenvalue weighted by Crippen LogP contribution is 2.22. The van der Waals surface area contributed by atoms with E-state index in [4.69, 9.17) is 0 Å². The van der Waals surface area contributed by atoms with Crippen LogP contribution in [0.2, 0.25) is 0 Å². The Labute approximate surface area is 122 Å². The first-order chi connectivity index (χ1) is 10.0. The molecular weight excluding hydrogens is 295 g/mol. The summed E-state index contributed by atoms with van der Waals surface area (Å²) in [6.07, 6.45) is 4.44. The van der Waals surface area contributed by atoms with Crippen LogP contribution >= 0.6 is 0 Å². The molecule has 2 heterocycles. The quantitative estimate of drug-likeness (QED) is 0.855. The second-order valence-electron chi connectivity index (χ2n) is 4.24. The average Bonchev–Trinajstić information content (AvgIpc) is 2.47. The molecule has 0 saturated carbocycles. The topological polar surface area (TPSA) is 84.0 Å². The summed E-state index contributed by atoms with van der Waals surface area (Å²) in [5.74, 6) is -0.750. The van der Waals surface area contributed by atoms with Crippen molar-refractivity contribution in [1.82, 2.24) is 9.97 Å². The van der Waals surface area contributed by atoms with Gasteiger partial charge >= 0.3 is 0 Å². The summed E-state index contributed by atoms with van der Waals surface area (Å²) in [5.41, 5.74) is 0.207. The Balaban J connectivity index is 2.34. The molecule has 0 unspecified atom stereocenters. The first-order valence-corrected chi connectivity index (χ1v) is 7.84. The number of pyridine rings is 2. The maximum absolute atomic E-state index is 13.5. The summed E-state index contributed by atoms with van der Waals surface area (Å²) in [6, 6.07) is 4.49. The molecule has 2 aromatic rings. The zero-order chi connectivity index (χ0) is 15.3. The molecule has 2 N–H and O–H groups in total. The Morgan fingerprint density at radius 2 is 2.05 bits per heavy atom. The van der Waals surface area contributed by atoms with E-state index < -0.39 is 15.8 Å². The van der Waals surface area contributed by atoms with E-state index in [1.54, 1.807) is 12.1 Å². The van der Waals surface area contributed by atoms with Gasteiger partial charge in [-0.25, -0.2) is 9.37 Å². The molecule has 2 aromatic heterocycles. The van der Waals surface area contributed by atoms with Gasteiger partial charge in [0.05, 0.1) is 17.6 Å². The fourth-order valence-electron chi connectivity index (χ4n) is 1.65. The van der Waals surface area contributed by atoms with Crippen molar-refractivity contribution >= 4 is 21.4 Å². The molecule has 8 heteroatoms. The van der Waals surface area contributed by atoms with E-state index in [1.807, 2.05) is 6.92 Å². The van der Waals surface area contributed by atoms with Crippen molar-refractivity contribution in [3.8, 4) is 0 Å². The maximum Gasteiger partial charge on any atom is 0.281 e. The van der Waals surface area contributed by atoms with Crippen molar-refractivity contribution in [3.05, 3.63) is 42.6 Å². The van der Waals surface area contributed by atoms with Crippen molar-refractivity contribution in [3.63, 3.8) is 0 Å². The molecule has 0 aliphatic carbocycles. The minimum absolute atomic E-state index is 0.169. The summed E-state index contributed by atoms with van der Waals surface area (Å²) in [7, 11) is -3.99. The van der Waals surface area contributed by atoms with E-state index in [-0.39, 0.29) is 10.7 Å². The minimum atomic E-state index is -3.99. The van der Waals surface area contributed by atoms with Crippen molar-refractivity contribution in [2.24, 2.45) is 0 Å². The molecule has 0 atom stereocenters. The summed E-state index contributed by atoms with van der Waals surface area (Å²) in [5, 5.41) is 2.81. The van der Waals surface area contributed by atoms with E-state index >= 15 is 0 Å². The highest BCUT2D eigenvalue weighted by Gasteiger charge is 2.21. The van der Waals surface area contributed by atoms with Crippen molar-refractivity contribution in [2.45, 2.75) is 18.4 Å². The lowest BCUT2D eigenvalue weighted by Crippen LogP contribution is -2.18. The lowest BCUT2D eigenvalue weighted by atomic mass is 10.4. The Kier molecular flexibility index (Phi) is 4.69. The van der Waals surface area contributed by atoms with Crippen LogP contribution in [0.15, 0.2) is 41.8 Å². The Morgan fingerprint density at radius 1 is 1.24 bits per heavy atom. The van der Waals surface area contributed by atoms with Gasteiger partial charge in [-0.3, -0.25) is 9.71 Å². The van der Waals surface area contributed by atoms with Crippen LogP contribution in [0.4, 0.5) is 15.8 Å². The number of hydrogen-bond acceptors (Lipinski definition) is 5. The predicted octanol–water partition coefficient (Wildman–Crippen LogP) is 2.24. The molecule has 0 amide bonds. The Morgan fingerprint density at radius 3 is 2.76 bits per heavy atom. The summed E-state index contributed by atoms with van der Waals surface area (Å²) in [6.45, 7) is 2.57. The third kappa shape index (κ3) is 3.66. The summed E-state index contributed by atoms with van der Waals surface area (Å²) < 4.78 is 40.4. The number of sulfonamides is 1. The van der Waals surface area contributed by atoms with E-state index in [1.165, 1.54) is 18.5 Å². The lowest BCUT2D eigenvalue weighted by Gasteiger charge is -2.12. The molecule has 21 heavy (non-hydrogen) atoms. The molecule has 0 aliphatic heterocycles. The van der Waals surface area contributed by atoms with Gasteiger partial charge in [-0.1, -0.05) is 6.92 Å². The zero-order valence-electron chi connectivity index (χ0n) is 11.4. The van der Waals surface area contributed by atoms with Gasteiger partial charge in [-0.15, -0.1) is 0 Å². The normalized spacial score (nSPS) is 11.1. The van der Waals surface area contributed by atoms with E-state index in [0.717, 1.165) is 12.6 Å². The fourth-order valence-corrected chi connectivity index (χ4v) is 2.83.